The van der Waals surface area contributed by atoms with Gasteiger partial charge in [0, 0.05) is 25.0 Å². The fourth-order valence-corrected chi connectivity index (χ4v) is 2.30. The van der Waals surface area contributed by atoms with Crippen LogP contribution in [0, 0.1) is 0 Å². The SMILES string of the molecule is C[C@H](Cn1cccn1)NC(=O)N[C@H](C)[C@@H]1CCCO1. The highest BCUT2D eigenvalue weighted by molar-refractivity contribution is 5.74. The molecule has 3 atom stereocenters. The van der Waals surface area contributed by atoms with Crippen LogP contribution in [0.3, 0.4) is 0 Å². The normalized spacial score (nSPS) is 21.9. The van der Waals surface area contributed by atoms with Crippen LogP contribution in [0.15, 0.2) is 18.5 Å². The van der Waals surface area contributed by atoms with Crippen molar-refractivity contribution in [2.24, 2.45) is 0 Å². The van der Waals surface area contributed by atoms with Gasteiger partial charge in [-0.25, -0.2) is 4.79 Å². The molecule has 2 amide bonds. The monoisotopic (exact) mass is 266 g/mol. The first-order valence-corrected chi connectivity index (χ1v) is 6.81. The molecule has 1 saturated heterocycles. The number of carbonyl (C=O) groups is 1. The number of nitrogens with zero attached hydrogens (tertiary/aromatic N) is 2. The summed E-state index contributed by atoms with van der Waals surface area (Å²) < 4.78 is 7.35. The Hall–Kier alpha value is -1.56. The zero-order valence-electron chi connectivity index (χ0n) is 11.5. The minimum atomic E-state index is -0.150. The standard InChI is InChI=1S/C13H22N4O2/c1-10(9-17-7-4-6-14-17)15-13(18)16-11(2)12-5-3-8-19-12/h4,6-7,10-12H,3,5,8-9H2,1-2H3,(H2,15,16,18)/t10-,11-,12+/m1/s1. The Labute approximate surface area is 113 Å². The number of urea groups is 1. The van der Waals surface area contributed by atoms with Crippen molar-refractivity contribution >= 4 is 6.03 Å². The number of nitrogens with one attached hydrogen (secondary N) is 2. The van der Waals surface area contributed by atoms with Crippen LogP contribution in [-0.4, -0.2) is 40.6 Å². The average Bonchev–Trinajstić information content (AvgIpc) is 3.00. The maximum absolute atomic E-state index is 11.8. The molecule has 2 heterocycles. The first-order valence-electron chi connectivity index (χ1n) is 6.81. The molecule has 2 N–H and O–H groups in total. The van der Waals surface area contributed by atoms with Gasteiger partial charge in [-0.3, -0.25) is 4.68 Å². The number of hydrogen-bond acceptors (Lipinski definition) is 3. The molecular weight excluding hydrogens is 244 g/mol. The molecule has 1 aliphatic rings. The van der Waals surface area contributed by atoms with Crippen molar-refractivity contribution in [3.05, 3.63) is 18.5 Å². The van der Waals surface area contributed by atoms with Crippen LogP contribution in [0.25, 0.3) is 0 Å². The quantitative estimate of drug-likeness (QED) is 0.839. The van der Waals surface area contributed by atoms with Crippen molar-refractivity contribution < 1.29 is 9.53 Å². The maximum atomic E-state index is 11.8. The van der Waals surface area contributed by atoms with Gasteiger partial charge in [-0.1, -0.05) is 0 Å². The third-order valence-corrected chi connectivity index (χ3v) is 3.28. The number of ether oxygens (including phenoxy) is 1. The molecule has 6 nitrogen and oxygen atoms in total. The lowest BCUT2D eigenvalue weighted by molar-refractivity contribution is 0.0858. The van der Waals surface area contributed by atoms with Crippen molar-refractivity contribution in [1.29, 1.82) is 0 Å². The van der Waals surface area contributed by atoms with Gasteiger partial charge in [-0.15, -0.1) is 0 Å². The Morgan fingerprint density at radius 2 is 2.37 bits per heavy atom. The first kappa shape index (κ1) is 13.9. The summed E-state index contributed by atoms with van der Waals surface area (Å²) in [6.07, 6.45) is 5.85. The van der Waals surface area contributed by atoms with Gasteiger partial charge >= 0.3 is 6.03 Å². The summed E-state index contributed by atoms with van der Waals surface area (Å²) in [5, 5.41) is 9.95. The number of rotatable bonds is 5. The molecule has 0 spiro atoms. The van der Waals surface area contributed by atoms with E-state index in [0.717, 1.165) is 19.4 Å². The van der Waals surface area contributed by atoms with E-state index in [1.165, 1.54) is 0 Å². The van der Waals surface area contributed by atoms with Gasteiger partial charge in [-0.2, -0.15) is 5.10 Å². The second kappa shape index (κ2) is 6.56. The fourth-order valence-electron chi connectivity index (χ4n) is 2.30. The third-order valence-electron chi connectivity index (χ3n) is 3.28. The van der Waals surface area contributed by atoms with Crippen LogP contribution in [0.5, 0.6) is 0 Å². The van der Waals surface area contributed by atoms with Crippen molar-refractivity contribution in [3.8, 4) is 0 Å². The van der Waals surface area contributed by atoms with E-state index in [9.17, 15) is 4.79 Å². The molecule has 0 aromatic carbocycles. The van der Waals surface area contributed by atoms with Crippen LogP contribution in [-0.2, 0) is 11.3 Å². The molecule has 1 aromatic heterocycles. The van der Waals surface area contributed by atoms with E-state index in [1.807, 2.05) is 26.1 Å². The zero-order chi connectivity index (χ0) is 13.7. The Kier molecular flexibility index (Phi) is 4.79. The predicted molar refractivity (Wildman–Crippen MR) is 71.8 cm³/mol. The molecule has 106 valence electrons. The molecule has 2 rings (SSSR count). The summed E-state index contributed by atoms with van der Waals surface area (Å²) in [7, 11) is 0. The topological polar surface area (TPSA) is 68.2 Å². The van der Waals surface area contributed by atoms with Crippen molar-refractivity contribution in [3.63, 3.8) is 0 Å². The van der Waals surface area contributed by atoms with Gasteiger partial charge in [0.2, 0.25) is 0 Å². The van der Waals surface area contributed by atoms with E-state index in [2.05, 4.69) is 15.7 Å². The highest BCUT2D eigenvalue weighted by Crippen LogP contribution is 2.15. The molecule has 0 aliphatic carbocycles. The van der Waals surface area contributed by atoms with E-state index in [0.29, 0.717) is 6.54 Å². The van der Waals surface area contributed by atoms with Crippen LogP contribution >= 0.6 is 0 Å². The van der Waals surface area contributed by atoms with E-state index < -0.39 is 0 Å². The predicted octanol–water partition coefficient (Wildman–Crippen LogP) is 1.14. The molecule has 1 fully saturated rings. The van der Waals surface area contributed by atoms with E-state index in [-0.39, 0.29) is 24.2 Å². The van der Waals surface area contributed by atoms with Crippen LogP contribution in [0.2, 0.25) is 0 Å². The van der Waals surface area contributed by atoms with Gasteiger partial charge in [0.15, 0.2) is 0 Å². The minimum absolute atomic E-state index is 0.0246. The first-order chi connectivity index (χ1) is 9.15. The van der Waals surface area contributed by atoms with E-state index in [1.54, 1.807) is 10.9 Å². The molecule has 6 heteroatoms. The molecule has 19 heavy (non-hydrogen) atoms. The number of carbonyl (C=O) groups excluding carboxylic acids is 1. The summed E-state index contributed by atoms with van der Waals surface area (Å²) in [5.41, 5.74) is 0. The van der Waals surface area contributed by atoms with Gasteiger partial charge in [-0.05, 0) is 32.8 Å². The van der Waals surface area contributed by atoms with Crippen LogP contribution < -0.4 is 10.6 Å². The van der Waals surface area contributed by atoms with Crippen molar-refractivity contribution in [1.82, 2.24) is 20.4 Å². The minimum Gasteiger partial charge on any atom is -0.376 e. The summed E-state index contributed by atoms with van der Waals surface area (Å²) >= 11 is 0. The Morgan fingerprint density at radius 1 is 1.53 bits per heavy atom. The summed E-state index contributed by atoms with van der Waals surface area (Å²) in [4.78, 5) is 11.8. The van der Waals surface area contributed by atoms with E-state index >= 15 is 0 Å². The third kappa shape index (κ3) is 4.24. The van der Waals surface area contributed by atoms with E-state index in [4.69, 9.17) is 4.74 Å². The fraction of sp³-hybridized carbons (Fsp3) is 0.692. The van der Waals surface area contributed by atoms with Crippen molar-refractivity contribution in [2.75, 3.05) is 6.61 Å². The largest absolute Gasteiger partial charge is 0.376 e. The summed E-state index contributed by atoms with van der Waals surface area (Å²) in [5.74, 6) is 0. The molecular formula is C13H22N4O2. The Balaban J connectivity index is 1.71. The Morgan fingerprint density at radius 3 is 3.00 bits per heavy atom. The van der Waals surface area contributed by atoms with Crippen molar-refractivity contribution in [2.45, 2.75) is 51.4 Å². The second-order valence-corrected chi connectivity index (χ2v) is 5.09. The maximum Gasteiger partial charge on any atom is 0.315 e. The highest BCUT2D eigenvalue weighted by Gasteiger charge is 2.23. The van der Waals surface area contributed by atoms with Gasteiger partial charge in [0.05, 0.1) is 18.7 Å². The molecule has 0 bridgehead atoms. The number of hydrogen-bond donors (Lipinski definition) is 2. The van der Waals surface area contributed by atoms with Gasteiger partial charge in [0.25, 0.3) is 0 Å². The van der Waals surface area contributed by atoms with Gasteiger partial charge in [0.1, 0.15) is 0 Å². The highest BCUT2D eigenvalue weighted by atomic mass is 16.5. The lowest BCUT2D eigenvalue weighted by atomic mass is 10.1. The lowest BCUT2D eigenvalue weighted by Crippen LogP contribution is -2.49. The van der Waals surface area contributed by atoms with Gasteiger partial charge < -0.3 is 15.4 Å². The zero-order valence-corrected chi connectivity index (χ0v) is 11.5. The number of aromatic nitrogens is 2. The van der Waals surface area contributed by atoms with Crippen LogP contribution in [0.1, 0.15) is 26.7 Å². The Bertz CT molecular complexity index is 387. The summed E-state index contributed by atoms with van der Waals surface area (Å²) in [6, 6.07) is 1.78. The molecule has 0 unspecified atom stereocenters. The molecule has 1 aromatic rings. The number of amides is 2. The van der Waals surface area contributed by atoms with Crippen LogP contribution in [0.4, 0.5) is 4.79 Å². The second-order valence-electron chi connectivity index (χ2n) is 5.09. The molecule has 0 radical (unpaired) electrons. The molecule has 0 saturated carbocycles. The smallest absolute Gasteiger partial charge is 0.315 e. The lowest BCUT2D eigenvalue weighted by Gasteiger charge is -2.22. The summed E-state index contributed by atoms with van der Waals surface area (Å²) in [6.45, 7) is 5.40. The average molecular weight is 266 g/mol. The molecule has 1 aliphatic heterocycles.